The molecular formula is C31H51N3O2. The van der Waals surface area contributed by atoms with Crippen molar-refractivity contribution in [3.05, 3.63) is 29.8 Å². The highest BCUT2D eigenvalue weighted by molar-refractivity contribution is 5.65. The Morgan fingerprint density at radius 1 is 0.750 bits per heavy atom. The third-order valence-electron chi connectivity index (χ3n) is 6.51. The van der Waals surface area contributed by atoms with Crippen LogP contribution in [0.25, 0.3) is 11.4 Å². The molecule has 0 saturated heterocycles. The molecule has 5 heteroatoms. The molecule has 1 aromatic heterocycles. The number of aromatic nitrogens is 3. The summed E-state index contributed by atoms with van der Waals surface area (Å²) in [5.74, 6) is 5.31. The van der Waals surface area contributed by atoms with Crippen molar-refractivity contribution in [1.29, 1.82) is 0 Å². The number of hydrogen-bond acceptors (Lipinski definition) is 5. The van der Waals surface area contributed by atoms with Gasteiger partial charge in [0.25, 0.3) is 0 Å². The van der Waals surface area contributed by atoms with Crippen LogP contribution < -0.4 is 4.74 Å². The van der Waals surface area contributed by atoms with Crippen molar-refractivity contribution in [1.82, 2.24) is 15.0 Å². The molecule has 2 atom stereocenters. The van der Waals surface area contributed by atoms with Crippen LogP contribution in [0.15, 0.2) is 18.2 Å². The Kier molecular flexibility index (Phi) is 13.2. The van der Waals surface area contributed by atoms with Crippen LogP contribution in [0, 0.1) is 23.7 Å². The van der Waals surface area contributed by atoms with E-state index >= 15 is 0 Å². The van der Waals surface area contributed by atoms with Gasteiger partial charge in [-0.1, -0.05) is 80.6 Å². The molecule has 0 amide bonds. The zero-order valence-electron chi connectivity index (χ0n) is 24.0. The largest absolute Gasteiger partial charge is 0.507 e. The molecule has 0 aliphatic heterocycles. The zero-order valence-corrected chi connectivity index (χ0v) is 24.0. The summed E-state index contributed by atoms with van der Waals surface area (Å²) in [4.78, 5) is 14.4. The molecule has 0 saturated carbocycles. The topological polar surface area (TPSA) is 68.1 Å². The monoisotopic (exact) mass is 497 g/mol. The summed E-state index contributed by atoms with van der Waals surface area (Å²) in [6, 6.07) is 5.49. The fourth-order valence-corrected chi connectivity index (χ4v) is 5.03. The number of nitrogens with zero attached hydrogens (tertiary/aromatic N) is 3. The van der Waals surface area contributed by atoms with Gasteiger partial charge in [-0.25, -0.2) is 15.0 Å². The van der Waals surface area contributed by atoms with E-state index in [-0.39, 0.29) is 5.75 Å². The molecule has 5 nitrogen and oxygen atoms in total. The summed E-state index contributed by atoms with van der Waals surface area (Å²) >= 11 is 0. The van der Waals surface area contributed by atoms with E-state index in [9.17, 15) is 5.11 Å². The van der Waals surface area contributed by atoms with Crippen LogP contribution in [0.3, 0.4) is 0 Å². The first-order valence-corrected chi connectivity index (χ1v) is 14.4. The molecule has 36 heavy (non-hydrogen) atoms. The minimum atomic E-state index is 0.156. The van der Waals surface area contributed by atoms with E-state index in [2.05, 4.69) is 48.5 Å². The van der Waals surface area contributed by atoms with E-state index in [1.165, 1.54) is 32.1 Å². The van der Waals surface area contributed by atoms with Gasteiger partial charge in [-0.3, -0.25) is 0 Å². The maximum atomic E-state index is 10.8. The molecular weight excluding hydrogens is 446 g/mol. The molecule has 0 aliphatic carbocycles. The summed E-state index contributed by atoms with van der Waals surface area (Å²) in [5.41, 5.74) is 0.639. The normalized spacial score (nSPS) is 13.4. The Balaban J connectivity index is 2.16. The third kappa shape index (κ3) is 11.3. The fraction of sp³-hybridized carbons (Fsp3) is 0.710. The molecule has 2 aromatic rings. The van der Waals surface area contributed by atoms with Crippen molar-refractivity contribution in [2.75, 3.05) is 6.61 Å². The number of ether oxygens (including phenoxy) is 1. The number of aromatic hydroxyl groups is 1. The minimum absolute atomic E-state index is 0.156. The Morgan fingerprint density at radius 2 is 1.31 bits per heavy atom. The molecule has 1 N–H and O–H groups in total. The SMILES string of the molecule is CCCCCCCCOc1ccc(-c2nc(CC(C)CC(C)C)nc(CC(C)CC(C)C)n2)c(O)c1. The van der Waals surface area contributed by atoms with Crippen LogP contribution >= 0.6 is 0 Å². The molecule has 0 bridgehead atoms. The van der Waals surface area contributed by atoms with E-state index in [1.54, 1.807) is 6.07 Å². The van der Waals surface area contributed by atoms with Crippen LogP contribution in [0.2, 0.25) is 0 Å². The minimum Gasteiger partial charge on any atom is -0.507 e. The Morgan fingerprint density at radius 3 is 1.83 bits per heavy atom. The van der Waals surface area contributed by atoms with Crippen molar-refractivity contribution in [3.63, 3.8) is 0 Å². The average molecular weight is 498 g/mol. The Hall–Kier alpha value is -2.17. The predicted octanol–water partition coefficient (Wildman–Crippen LogP) is 8.43. The highest BCUT2D eigenvalue weighted by Gasteiger charge is 2.17. The van der Waals surface area contributed by atoms with Crippen molar-refractivity contribution < 1.29 is 9.84 Å². The Bertz CT molecular complexity index is 861. The molecule has 2 rings (SSSR count). The molecule has 0 radical (unpaired) electrons. The fourth-order valence-electron chi connectivity index (χ4n) is 5.03. The number of rotatable bonds is 17. The second kappa shape index (κ2) is 15.8. The lowest BCUT2D eigenvalue weighted by molar-refractivity contribution is 0.303. The number of unbranched alkanes of at least 4 members (excludes halogenated alkanes) is 5. The number of phenols is 1. The van der Waals surface area contributed by atoms with E-state index in [4.69, 9.17) is 19.7 Å². The molecule has 0 fully saturated rings. The molecule has 2 unspecified atom stereocenters. The number of hydrogen-bond donors (Lipinski definition) is 1. The molecule has 202 valence electrons. The van der Waals surface area contributed by atoms with E-state index in [0.717, 1.165) is 43.8 Å². The smallest absolute Gasteiger partial charge is 0.167 e. The molecule has 0 spiro atoms. The van der Waals surface area contributed by atoms with E-state index < -0.39 is 0 Å². The van der Waals surface area contributed by atoms with Crippen molar-refractivity contribution in [3.8, 4) is 22.9 Å². The highest BCUT2D eigenvalue weighted by Crippen LogP contribution is 2.31. The van der Waals surface area contributed by atoms with Gasteiger partial charge < -0.3 is 9.84 Å². The summed E-state index contributed by atoms with van der Waals surface area (Å²) in [5, 5.41) is 10.8. The van der Waals surface area contributed by atoms with E-state index in [0.29, 0.717) is 47.4 Å². The van der Waals surface area contributed by atoms with Crippen LogP contribution in [0.1, 0.15) is 111 Å². The maximum Gasteiger partial charge on any atom is 0.167 e. The zero-order chi connectivity index (χ0) is 26.5. The first-order chi connectivity index (χ1) is 17.2. The van der Waals surface area contributed by atoms with Gasteiger partial charge in [0.15, 0.2) is 5.82 Å². The van der Waals surface area contributed by atoms with Gasteiger partial charge in [0.1, 0.15) is 23.1 Å². The van der Waals surface area contributed by atoms with Gasteiger partial charge >= 0.3 is 0 Å². The highest BCUT2D eigenvalue weighted by atomic mass is 16.5. The lowest BCUT2D eigenvalue weighted by Crippen LogP contribution is -2.13. The van der Waals surface area contributed by atoms with E-state index in [1.807, 2.05) is 12.1 Å². The average Bonchev–Trinajstić information content (AvgIpc) is 2.77. The van der Waals surface area contributed by atoms with Crippen molar-refractivity contribution in [2.45, 2.75) is 113 Å². The van der Waals surface area contributed by atoms with Crippen molar-refractivity contribution >= 4 is 0 Å². The summed E-state index contributed by atoms with van der Waals surface area (Å²) in [7, 11) is 0. The van der Waals surface area contributed by atoms with Crippen LogP contribution in [-0.4, -0.2) is 26.7 Å². The van der Waals surface area contributed by atoms with Crippen LogP contribution in [0.5, 0.6) is 11.5 Å². The van der Waals surface area contributed by atoms with Gasteiger partial charge in [-0.05, 0) is 55.1 Å². The standard InChI is InChI=1S/C31H51N3O2/c1-8-9-10-11-12-13-16-36-26-14-15-27(28(35)21-26)31-33-29(19-24(6)17-22(2)3)32-30(34-31)20-25(7)18-23(4)5/h14-15,21-25,35H,8-13,16-20H2,1-7H3. The van der Waals surface area contributed by atoms with Gasteiger partial charge in [-0.2, -0.15) is 0 Å². The first kappa shape index (κ1) is 30.1. The predicted molar refractivity (Wildman–Crippen MR) is 150 cm³/mol. The van der Waals surface area contributed by atoms with Crippen molar-refractivity contribution in [2.24, 2.45) is 23.7 Å². The second-order valence-electron chi connectivity index (χ2n) is 11.7. The molecule has 1 aromatic carbocycles. The summed E-state index contributed by atoms with van der Waals surface area (Å²) < 4.78 is 5.90. The lowest BCUT2D eigenvalue weighted by Gasteiger charge is -2.16. The summed E-state index contributed by atoms with van der Waals surface area (Å²) in [6.07, 6.45) is 11.3. The van der Waals surface area contributed by atoms with Gasteiger partial charge in [0, 0.05) is 18.9 Å². The van der Waals surface area contributed by atoms with Crippen LogP contribution in [-0.2, 0) is 12.8 Å². The maximum absolute atomic E-state index is 10.8. The van der Waals surface area contributed by atoms with Crippen LogP contribution in [0.4, 0.5) is 0 Å². The number of phenolic OH excluding ortho intramolecular Hbond substituents is 1. The lowest BCUT2D eigenvalue weighted by atomic mass is 9.95. The molecule has 1 heterocycles. The molecule has 0 aliphatic rings. The third-order valence-corrected chi connectivity index (χ3v) is 6.51. The van der Waals surface area contributed by atoms with Gasteiger partial charge in [0.2, 0.25) is 0 Å². The first-order valence-electron chi connectivity index (χ1n) is 14.4. The summed E-state index contributed by atoms with van der Waals surface area (Å²) in [6.45, 7) is 16.4. The number of benzene rings is 1. The van der Waals surface area contributed by atoms with Gasteiger partial charge in [-0.15, -0.1) is 0 Å². The quantitative estimate of drug-likeness (QED) is 0.222. The van der Waals surface area contributed by atoms with Gasteiger partial charge in [0.05, 0.1) is 12.2 Å². The second-order valence-corrected chi connectivity index (χ2v) is 11.7. The Labute approximate surface area is 220 Å².